The largest absolute Gasteiger partial charge is 0.393 e. The molecule has 21 heavy (non-hydrogen) atoms. The van der Waals surface area contributed by atoms with Gasteiger partial charge in [0.2, 0.25) is 5.91 Å². The highest BCUT2D eigenvalue weighted by molar-refractivity contribution is 6.33. The number of carbonyl (C=O) groups is 1. The van der Waals surface area contributed by atoms with Crippen LogP contribution in [0, 0.1) is 18.8 Å². The molecule has 1 aromatic rings. The number of aliphatic hydroxyl groups excluding tert-OH is 1. The molecule has 1 aliphatic heterocycles. The lowest BCUT2D eigenvalue weighted by molar-refractivity contribution is -0.117. The summed E-state index contributed by atoms with van der Waals surface area (Å²) in [6.07, 6.45) is 1.80. The zero-order valence-electron chi connectivity index (χ0n) is 12.2. The van der Waals surface area contributed by atoms with Gasteiger partial charge in [-0.25, -0.2) is 0 Å². The van der Waals surface area contributed by atoms with Crippen molar-refractivity contribution in [2.45, 2.75) is 25.9 Å². The van der Waals surface area contributed by atoms with Crippen molar-refractivity contribution >= 4 is 23.2 Å². The van der Waals surface area contributed by atoms with E-state index in [1.54, 1.807) is 0 Å². The van der Waals surface area contributed by atoms with Gasteiger partial charge in [0.15, 0.2) is 0 Å². The molecule has 2 N–H and O–H groups in total. The van der Waals surface area contributed by atoms with E-state index in [1.807, 2.05) is 25.1 Å². The summed E-state index contributed by atoms with van der Waals surface area (Å²) in [5.74, 6) is 0.853. The Bertz CT molecular complexity index is 549. The third-order valence-electron chi connectivity index (χ3n) is 4.66. The minimum Gasteiger partial charge on any atom is -0.393 e. The summed E-state index contributed by atoms with van der Waals surface area (Å²) >= 11 is 6.13. The van der Waals surface area contributed by atoms with E-state index in [4.69, 9.17) is 11.6 Å². The number of hydrogen-bond donors (Lipinski definition) is 2. The zero-order chi connectivity index (χ0) is 15.0. The lowest BCUT2D eigenvalue weighted by atomic mass is 10.00. The molecule has 0 bridgehead atoms. The normalized spacial score (nSPS) is 28.6. The fraction of sp³-hybridized carbons (Fsp3) is 0.562. The molecule has 1 saturated heterocycles. The second-order valence-electron chi connectivity index (χ2n) is 6.29. The topological polar surface area (TPSA) is 52.6 Å². The predicted octanol–water partition coefficient (Wildman–Crippen LogP) is 2.29. The monoisotopic (exact) mass is 308 g/mol. The quantitative estimate of drug-likeness (QED) is 0.901. The molecule has 2 fully saturated rings. The van der Waals surface area contributed by atoms with Crippen LogP contribution in [0.4, 0.5) is 5.69 Å². The first-order chi connectivity index (χ1) is 10.0. The minimum atomic E-state index is -0.186. The van der Waals surface area contributed by atoms with Crippen LogP contribution in [0.2, 0.25) is 5.02 Å². The second-order valence-corrected chi connectivity index (χ2v) is 6.70. The average molecular weight is 309 g/mol. The smallest absolute Gasteiger partial charge is 0.238 e. The molecule has 3 unspecified atom stereocenters. The van der Waals surface area contributed by atoms with Crippen molar-refractivity contribution in [3.63, 3.8) is 0 Å². The number of hydrogen-bond acceptors (Lipinski definition) is 3. The molecule has 1 amide bonds. The number of nitrogens with zero attached hydrogens (tertiary/aromatic N) is 1. The van der Waals surface area contributed by atoms with Gasteiger partial charge in [0, 0.05) is 19.0 Å². The maximum atomic E-state index is 12.1. The average Bonchev–Trinajstić information content (AvgIpc) is 2.95. The van der Waals surface area contributed by atoms with Crippen LogP contribution in [-0.2, 0) is 4.79 Å². The number of nitrogens with one attached hydrogen (secondary N) is 1. The lowest BCUT2D eigenvalue weighted by Gasteiger charge is -2.17. The zero-order valence-corrected chi connectivity index (χ0v) is 12.9. The molecular formula is C16H21ClN2O2. The molecule has 114 valence electrons. The highest BCUT2D eigenvalue weighted by atomic mass is 35.5. The summed E-state index contributed by atoms with van der Waals surface area (Å²) in [6, 6.07) is 5.60. The molecule has 0 aromatic heterocycles. The van der Waals surface area contributed by atoms with Gasteiger partial charge in [0.1, 0.15) is 0 Å². The number of fused-ring (bicyclic) bond motifs is 1. The van der Waals surface area contributed by atoms with E-state index in [9.17, 15) is 9.90 Å². The number of halogens is 1. The standard InChI is InChI=1S/C16H21ClN2O2/c1-10-2-4-14(13(17)6-10)18-16(21)9-19-7-11-3-5-15(20)12(11)8-19/h2,4,6,11-12,15,20H,3,5,7-9H2,1H3,(H,18,21). The minimum absolute atomic E-state index is 0.0461. The number of rotatable bonds is 3. The van der Waals surface area contributed by atoms with Gasteiger partial charge in [-0.1, -0.05) is 17.7 Å². The van der Waals surface area contributed by atoms with E-state index in [0.29, 0.717) is 29.1 Å². The van der Waals surface area contributed by atoms with Crippen LogP contribution < -0.4 is 5.32 Å². The van der Waals surface area contributed by atoms with Crippen LogP contribution in [0.3, 0.4) is 0 Å². The van der Waals surface area contributed by atoms with Crippen LogP contribution in [0.5, 0.6) is 0 Å². The first kappa shape index (κ1) is 14.8. The number of benzene rings is 1. The van der Waals surface area contributed by atoms with Crippen molar-refractivity contribution in [1.29, 1.82) is 0 Å². The number of carbonyl (C=O) groups excluding carboxylic acids is 1. The lowest BCUT2D eigenvalue weighted by Crippen LogP contribution is -2.33. The van der Waals surface area contributed by atoms with Crippen LogP contribution in [-0.4, -0.2) is 41.7 Å². The summed E-state index contributed by atoms with van der Waals surface area (Å²) in [4.78, 5) is 14.3. The Balaban J connectivity index is 1.55. The van der Waals surface area contributed by atoms with Gasteiger partial charge in [0.25, 0.3) is 0 Å². The molecule has 4 nitrogen and oxygen atoms in total. The molecule has 1 aromatic carbocycles. The van der Waals surface area contributed by atoms with Gasteiger partial charge < -0.3 is 10.4 Å². The molecule has 0 radical (unpaired) electrons. The van der Waals surface area contributed by atoms with Gasteiger partial charge in [-0.15, -0.1) is 0 Å². The van der Waals surface area contributed by atoms with E-state index in [-0.39, 0.29) is 12.0 Å². The maximum Gasteiger partial charge on any atom is 0.238 e. The Labute approximate surface area is 130 Å². The van der Waals surface area contributed by atoms with Crippen molar-refractivity contribution in [2.75, 3.05) is 25.0 Å². The summed E-state index contributed by atoms with van der Waals surface area (Å²) in [7, 11) is 0. The maximum absolute atomic E-state index is 12.1. The summed E-state index contributed by atoms with van der Waals surface area (Å²) in [5, 5.41) is 13.3. The second kappa shape index (κ2) is 5.95. The first-order valence-electron chi connectivity index (χ1n) is 7.49. The summed E-state index contributed by atoms with van der Waals surface area (Å²) in [5.41, 5.74) is 1.73. The fourth-order valence-corrected chi connectivity index (χ4v) is 3.85. The molecule has 1 saturated carbocycles. The molecule has 5 heteroatoms. The highest BCUT2D eigenvalue weighted by Gasteiger charge is 2.41. The first-order valence-corrected chi connectivity index (χ1v) is 7.87. The third-order valence-corrected chi connectivity index (χ3v) is 4.97. The Morgan fingerprint density at radius 3 is 2.95 bits per heavy atom. The van der Waals surface area contributed by atoms with Crippen LogP contribution in [0.15, 0.2) is 18.2 Å². The summed E-state index contributed by atoms with van der Waals surface area (Å²) < 4.78 is 0. The third kappa shape index (κ3) is 3.23. The Morgan fingerprint density at radius 1 is 1.43 bits per heavy atom. The fourth-order valence-electron chi connectivity index (χ4n) is 3.57. The van der Waals surface area contributed by atoms with Crippen molar-refractivity contribution in [3.8, 4) is 0 Å². The van der Waals surface area contributed by atoms with Crippen LogP contribution in [0.1, 0.15) is 18.4 Å². The number of aliphatic hydroxyl groups is 1. The van der Waals surface area contributed by atoms with Crippen LogP contribution in [0.25, 0.3) is 0 Å². The molecule has 2 aliphatic rings. The molecule has 1 aliphatic carbocycles. The van der Waals surface area contributed by atoms with Crippen molar-refractivity contribution < 1.29 is 9.90 Å². The van der Waals surface area contributed by atoms with Gasteiger partial charge >= 0.3 is 0 Å². The molecule has 3 rings (SSSR count). The van der Waals surface area contributed by atoms with Crippen LogP contribution >= 0.6 is 11.6 Å². The Kier molecular flexibility index (Phi) is 4.20. The summed E-state index contributed by atoms with van der Waals surface area (Å²) in [6.45, 7) is 4.06. The van der Waals surface area contributed by atoms with E-state index >= 15 is 0 Å². The number of amides is 1. The van der Waals surface area contributed by atoms with Crippen molar-refractivity contribution in [3.05, 3.63) is 28.8 Å². The molecular weight excluding hydrogens is 288 g/mol. The highest BCUT2D eigenvalue weighted by Crippen LogP contribution is 2.37. The van der Waals surface area contributed by atoms with E-state index in [2.05, 4.69) is 10.2 Å². The van der Waals surface area contributed by atoms with E-state index in [1.165, 1.54) is 0 Å². The number of aryl methyl sites for hydroxylation is 1. The predicted molar refractivity (Wildman–Crippen MR) is 83.5 cm³/mol. The molecule has 3 atom stereocenters. The van der Waals surface area contributed by atoms with Crippen molar-refractivity contribution in [1.82, 2.24) is 4.90 Å². The van der Waals surface area contributed by atoms with E-state index < -0.39 is 0 Å². The van der Waals surface area contributed by atoms with Gasteiger partial charge in [-0.2, -0.15) is 0 Å². The van der Waals surface area contributed by atoms with Crippen molar-refractivity contribution in [2.24, 2.45) is 11.8 Å². The Hall–Kier alpha value is -1.10. The van der Waals surface area contributed by atoms with Gasteiger partial charge in [-0.3, -0.25) is 9.69 Å². The van der Waals surface area contributed by atoms with E-state index in [0.717, 1.165) is 31.5 Å². The number of likely N-dealkylation sites (tertiary alicyclic amines) is 1. The van der Waals surface area contributed by atoms with Gasteiger partial charge in [-0.05, 0) is 43.4 Å². The Morgan fingerprint density at radius 2 is 2.24 bits per heavy atom. The molecule has 1 heterocycles. The SMILES string of the molecule is Cc1ccc(NC(=O)CN2CC3CCC(O)C3C2)c(Cl)c1. The van der Waals surface area contributed by atoms with Gasteiger partial charge in [0.05, 0.1) is 23.4 Å². The molecule has 0 spiro atoms. The number of anilines is 1.